The van der Waals surface area contributed by atoms with E-state index in [4.69, 9.17) is 0 Å². The second-order valence-electron chi connectivity index (χ2n) is 7.39. The number of likely N-dealkylation sites (N-methyl/N-ethyl adjacent to an activating group) is 1. The number of alkyl halides is 3. The molecule has 4 nitrogen and oxygen atoms in total. The van der Waals surface area contributed by atoms with E-state index in [-0.39, 0.29) is 36.8 Å². The highest BCUT2D eigenvalue weighted by molar-refractivity contribution is 5.85. The zero-order chi connectivity index (χ0) is 20.6. The predicted molar refractivity (Wildman–Crippen MR) is 119 cm³/mol. The summed E-state index contributed by atoms with van der Waals surface area (Å²) in [7, 11) is 0. The van der Waals surface area contributed by atoms with Crippen molar-refractivity contribution in [3.05, 3.63) is 35.4 Å². The molecule has 1 saturated heterocycles. The van der Waals surface area contributed by atoms with Crippen LogP contribution in [0.4, 0.5) is 13.2 Å². The molecule has 0 saturated carbocycles. The summed E-state index contributed by atoms with van der Waals surface area (Å²) in [5, 5.41) is 6.32. The molecule has 30 heavy (non-hydrogen) atoms. The van der Waals surface area contributed by atoms with Gasteiger partial charge in [-0.05, 0) is 69.1 Å². The maximum Gasteiger partial charge on any atom is 0.416 e. The van der Waals surface area contributed by atoms with Gasteiger partial charge >= 0.3 is 6.18 Å². The van der Waals surface area contributed by atoms with Crippen LogP contribution in [0.2, 0.25) is 0 Å². The summed E-state index contributed by atoms with van der Waals surface area (Å²) in [6.07, 6.45) is -0.722. The second kappa shape index (κ2) is 14.1. The minimum Gasteiger partial charge on any atom is -0.354 e. The first-order chi connectivity index (χ1) is 13.3. The number of carbonyl (C=O) groups is 1. The van der Waals surface area contributed by atoms with Crippen molar-refractivity contribution in [3.8, 4) is 0 Å². The van der Waals surface area contributed by atoms with Crippen molar-refractivity contribution in [2.45, 2.75) is 51.7 Å². The molecule has 1 fully saturated rings. The van der Waals surface area contributed by atoms with Crippen LogP contribution in [0.1, 0.15) is 56.7 Å². The molecule has 1 aliphatic rings. The van der Waals surface area contributed by atoms with E-state index in [0.717, 1.165) is 63.1 Å². The van der Waals surface area contributed by atoms with Crippen LogP contribution in [0, 0.1) is 5.92 Å². The van der Waals surface area contributed by atoms with Crippen LogP contribution in [0.25, 0.3) is 0 Å². The van der Waals surface area contributed by atoms with Gasteiger partial charge in [-0.2, -0.15) is 13.2 Å². The second-order valence-corrected chi connectivity index (χ2v) is 7.39. The van der Waals surface area contributed by atoms with Gasteiger partial charge in [-0.1, -0.05) is 26.0 Å². The molecular formula is C21H34Cl2F3N3O. The van der Waals surface area contributed by atoms with Gasteiger partial charge in [0, 0.05) is 13.0 Å². The molecule has 1 aromatic carbocycles. The highest BCUT2D eigenvalue weighted by atomic mass is 35.5. The van der Waals surface area contributed by atoms with Gasteiger partial charge in [0.2, 0.25) is 5.91 Å². The minimum atomic E-state index is -4.34. The molecule has 0 spiro atoms. The zero-order valence-electron chi connectivity index (χ0n) is 17.6. The van der Waals surface area contributed by atoms with Crippen molar-refractivity contribution in [2.24, 2.45) is 5.92 Å². The summed E-state index contributed by atoms with van der Waals surface area (Å²) >= 11 is 0. The largest absolute Gasteiger partial charge is 0.416 e. The van der Waals surface area contributed by atoms with Crippen molar-refractivity contribution < 1.29 is 18.0 Å². The highest BCUT2D eigenvalue weighted by Gasteiger charge is 2.30. The van der Waals surface area contributed by atoms with Gasteiger partial charge in [0.05, 0.1) is 11.6 Å². The predicted octanol–water partition coefficient (Wildman–Crippen LogP) is 4.83. The lowest BCUT2D eigenvalue weighted by Gasteiger charge is -2.30. The average molecular weight is 472 g/mol. The molecule has 1 atom stereocenters. The molecule has 0 radical (unpaired) electrons. The number of benzene rings is 1. The van der Waals surface area contributed by atoms with Crippen LogP contribution < -0.4 is 10.6 Å². The fourth-order valence-corrected chi connectivity index (χ4v) is 3.82. The Bertz CT molecular complexity index is 605. The van der Waals surface area contributed by atoms with E-state index in [1.807, 2.05) is 13.8 Å². The van der Waals surface area contributed by atoms with Gasteiger partial charge < -0.3 is 10.6 Å². The molecule has 2 N–H and O–H groups in total. The number of hydrogen-bond acceptors (Lipinski definition) is 3. The zero-order valence-corrected chi connectivity index (χ0v) is 19.3. The van der Waals surface area contributed by atoms with Crippen molar-refractivity contribution >= 4 is 30.7 Å². The number of rotatable bonds is 9. The molecule has 1 heterocycles. The van der Waals surface area contributed by atoms with E-state index in [9.17, 15) is 18.0 Å². The monoisotopic (exact) mass is 471 g/mol. The first kappa shape index (κ1) is 29.0. The highest BCUT2D eigenvalue weighted by Crippen LogP contribution is 2.30. The third kappa shape index (κ3) is 9.00. The number of hydrogen-bond donors (Lipinski definition) is 2. The van der Waals surface area contributed by atoms with Crippen LogP contribution in [0.5, 0.6) is 0 Å². The van der Waals surface area contributed by atoms with Crippen LogP contribution >= 0.6 is 24.8 Å². The van der Waals surface area contributed by atoms with Crippen LogP contribution in [0.3, 0.4) is 0 Å². The van der Waals surface area contributed by atoms with E-state index in [1.54, 1.807) is 0 Å². The van der Waals surface area contributed by atoms with Gasteiger partial charge in [-0.25, -0.2) is 0 Å². The normalized spacial score (nSPS) is 15.8. The summed E-state index contributed by atoms with van der Waals surface area (Å²) < 4.78 is 38.5. The third-order valence-electron chi connectivity index (χ3n) is 5.61. The topological polar surface area (TPSA) is 44.4 Å². The lowest BCUT2D eigenvalue weighted by atomic mass is 9.93. The van der Waals surface area contributed by atoms with E-state index in [2.05, 4.69) is 15.5 Å². The fraction of sp³-hybridized carbons (Fsp3) is 0.667. The molecule has 1 aromatic rings. The van der Waals surface area contributed by atoms with Crippen LogP contribution in [0.15, 0.2) is 24.3 Å². The minimum absolute atomic E-state index is 0. The van der Waals surface area contributed by atoms with Crippen LogP contribution in [-0.4, -0.2) is 43.5 Å². The van der Waals surface area contributed by atoms with E-state index in [1.165, 1.54) is 12.1 Å². The summed E-state index contributed by atoms with van der Waals surface area (Å²) in [6, 6.07) is 5.13. The van der Waals surface area contributed by atoms with E-state index >= 15 is 0 Å². The van der Waals surface area contributed by atoms with E-state index in [0.29, 0.717) is 18.9 Å². The van der Waals surface area contributed by atoms with Gasteiger partial charge in [-0.3, -0.25) is 9.69 Å². The molecule has 1 amide bonds. The SMILES string of the molecule is CCN(CC)C(CNC(=O)CCC1CCNCC1)c1ccc(C(F)(F)F)cc1.Cl.Cl. The number of amides is 1. The Morgan fingerprint density at radius 2 is 1.70 bits per heavy atom. The fourth-order valence-electron chi connectivity index (χ4n) is 3.82. The molecule has 2 rings (SSSR count). The lowest BCUT2D eigenvalue weighted by molar-refractivity contribution is -0.137. The van der Waals surface area contributed by atoms with Gasteiger partial charge in [0.15, 0.2) is 0 Å². The van der Waals surface area contributed by atoms with E-state index < -0.39 is 11.7 Å². The summed E-state index contributed by atoms with van der Waals surface area (Å²) in [4.78, 5) is 14.5. The van der Waals surface area contributed by atoms with Crippen molar-refractivity contribution in [2.75, 3.05) is 32.7 Å². The van der Waals surface area contributed by atoms with Crippen molar-refractivity contribution in [1.82, 2.24) is 15.5 Å². The summed E-state index contributed by atoms with van der Waals surface area (Å²) in [6.45, 7) is 7.98. The third-order valence-corrected chi connectivity index (χ3v) is 5.61. The molecular weight excluding hydrogens is 438 g/mol. The Balaban J connectivity index is 0.00000420. The maximum atomic E-state index is 12.8. The Morgan fingerprint density at radius 3 is 2.20 bits per heavy atom. The standard InChI is InChI=1S/C21H32F3N3O.2ClH/c1-3-27(4-2)19(17-6-8-18(9-7-17)21(22,23)24)15-26-20(28)10-5-16-11-13-25-14-12-16;;/h6-9,16,19,25H,3-5,10-15H2,1-2H3,(H,26,28);2*1H. The number of nitrogens with zero attached hydrogens (tertiary/aromatic N) is 1. The Labute approximate surface area is 190 Å². The van der Waals surface area contributed by atoms with Gasteiger partial charge in [0.25, 0.3) is 0 Å². The first-order valence-corrected chi connectivity index (χ1v) is 10.2. The Morgan fingerprint density at radius 1 is 1.13 bits per heavy atom. The maximum absolute atomic E-state index is 12.8. The van der Waals surface area contributed by atoms with Crippen LogP contribution in [-0.2, 0) is 11.0 Å². The molecule has 0 aliphatic carbocycles. The average Bonchev–Trinajstić information content (AvgIpc) is 2.70. The molecule has 174 valence electrons. The summed E-state index contributed by atoms with van der Waals surface area (Å²) in [5.74, 6) is 0.614. The molecule has 1 aliphatic heterocycles. The van der Waals surface area contributed by atoms with Gasteiger partial charge in [0.1, 0.15) is 0 Å². The Kier molecular flexibility index (Phi) is 13.6. The van der Waals surface area contributed by atoms with Crippen molar-refractivity contribution in [3.63, 3.8) is 0 Å². The van der Waals surface area contributed by atoms with Gasteiger partial charge in [-0.15, -0.1) is 24.8 Å². The molecule has 0 aromatic heterocycles. The number of halogens is 5. The molecule has 0 bridgehead atoms. The smallest absolute Gasteiger partial charge is 0.354 e. The number of piperidine rings is 1. The Hall–Kier alpha value is -1.02. The first-order valence-electron chi connectivity index (χ1n) is 10.2. The molecule has 9 heteroatoms. The number of carbonyl (C=O) groups excluding carboxylic acids is 1. The molecule has 1 unspecified atom stereocenters. The quantitative estimate of drug-likeness (QED) is 0.542. The number of nitrogens with one attached hydrogen (secondary N) is 2. The lowest BCUT2D eigenvalue weighted by Crippen LogP contribution is -2.38. The summed E-state index contributed by atoms with van der Waals surface area (Å²) in [5.41, 5.74) is 0.135. The van der Waals surface area contributed by atoms with Crippen molar-refractivity contribution in [1.29, 1.82) is 0 Å².